The minimum Gasteiger partial charge on any atom is -0.480 e. The number of amides is 4. The van der Waals surface area contributed by atoms with Gasteiger partial charge in [0.25, 0.3) is 0 Å². The Kier molecular flexibility index (Phi) is 7.26. The lowest BCUT2D eigenvalue weighted by Crippen LogP contribution is -2.72. The van der Waals surface area contributed by atoms with Crippen LogP contribution in [0, 0.1) is 0 Å². The molecule has 0 aromatic heterocycles. The van der Waals surface area contributed by atoms with Gasteiger partial charge in [0.05, 0.1) is 34.8 Å². The molecule has 8 nitrogen and oxygen atoms in total. The molecule has 0 unspecified atom stereocenters. The average molecular weight is 587 g/mol. The highest BCUT2D eigenvalue weighted by molar-refractivity contribution is 6.04. The number of hydrogen-bond acceptors (Lipinski definition) is 3. The smallest absolute Gasteiger partial charge is 0.329 e. The number of para-hydroxylation sites is 4. The lowest BCUT2D eigenvalue weighted by Gasteiger charge is -2.54. The van der Waals surface area contributed by atoms with Crippen molar-refractivity contribution >= 4 is 40.8 Å². The van der Waals surface area contributed by atoms with Crippen molar-refractivity contribution in [2.75, 3.05) is 16.3 Å². The summed E-state index contributed by atoms with van der Waals surface area (Å²) in [4.78, 5) is 49.0. The van der Waals surface area contributed by atoms with Gasteiger partial charge in [-0.3, -0.25) is 9.80 Å². The van der Waals surface area contributed by atoms with Crippen molar-refractivity contribution in [2.45, 2.75) is 50.2 Å². The number of urea groups is 2. The molecule has 3 aliphatic rings. The van der Waals surface area contributed by atoms with E-state index in [1.807, 2.05) is 97.1 Å². The van der Waals surface area contributed by atoms with Gasteiger partial charge in [-0.2, -0.15) is 0 Å². The first-order chi connectivity index (χ1) is 21.5. The van der Waals surface area contributed by atoms with Gasteiger partial charge in [-0.1, -0.05) is 72.8 Å². The fourth-order valence-electron chi connectivity index (χ4n) is 7.20. The van der Waals surface area contributed by atoms with Crippen molar-refractivity contribution < 1.29 is 19.5 Å². The third-order valence-electron chi connectivity index (χ3n) is 9.16. The Morgan fingerprint density at radius 2 is 1.20 bits per heavy atom. The van der Waals surface area contributed by atoms with Gasteiger partial charge in [0.2, 0.25) is 0 Å². The van der Waals surface area contributed by atoms with E-state index in [1.165, 1.54) is 4.90 Å². The summed E-state index contributed by atoms with van der Waals surface area (Å²) in [6, 6.07) is 31.6. The number of carboxylic acid groups (broad SMARTS) is 1. The molecule has 7 rings (SSSR count). The maximum Gasteiger partial charge on any atom is 0.329 e. The summed E-state index contributed by atoms with van der Waals surface area (Å²) < 4.78 is 0. The second-order valence-electron chi connectivity index (χ2n) is 11.7. The topological polar surface area (TPSA) is 84.4 Å². The maximum absolute atomic E-state index is 14.8. The van der Waals surface area contributed by atoms with Gasteiger partial charge in [-0.25, -0.2) is 14.4 Å². The summed E-state index contributed by atoms with van der Waals surface area (Å²) in [6.07, 6.45) is 3.58. The van der Waals surface area contributed by atoms with E-state index in [9.17, 15) is 19.5 Å². The number of anilines is 4. The standard InChI is InChI=1S/C36H34N4O4/c41-34(42)33-32-21-11-18-29(24-37(33)35(43)38(27-14-3-1-4-15-27)28-16-5-2-6-17-28)39(32)36(44)40-30-19-9-7-12-25(30)22-23-26-13-8-10-20-31(26)40/h1-10,12-17,19-20,29,32-33H,11,18,21-24H2,(H,41,42)/t29-,32+,33-/m0/s1. The van der Waals surface area contributed by atoms with Crippen molar-refractivity contribution in [1.82, 2.24) is 9.80 Å². The Morgan fingerprint density at radius 3 is 1.75 bits per heavy atom. The second-order valence-corrected chi connectivity index (χ2v) is 11.7. The third kappa shape index (κ3) is 4.76. The maximum atomic E-state index is 14.8. The predicted octanol–water partition coefficient (Wildman–Crippen LogP) is 6.99. The summed E-state index contributed by atoms with van der Waals surface area (Å²) >= 11 is 0. The summed E-state index contributed by atoms with van der Waals surface area (Å²) in [5.41, 5.74) is 5.10. The third-order valence-corrected chi connectivity index (χ3v) is 9.16. The van der Waals surface area contributed by atoms with E-state index in [2.05, 4.69) is 12.1 Å². The molecule has 4 amide bonds. The molecule has 44 heavy (non-hydrogen) atoms. The molecule has 2 fully saturated rings. The number of benzene rings is 4. The van der Waals surface area contributed by atoms with Crippen LogP contribution in [0.4, 0.5) is 32.3 Å². The van der Waals surface area contributed by atoms with Crippen LogP contribution in [0.15, 0.2) is 109 Å². The number of carbonyl (C=O) groups excluding carboxylic acids is 2. The number of carbonyl (C=O) groups is 3. The van der Waals surface area contributed by atoms with Crippen LogP contribution in [0.3, 0.4) is 0 Å². The highest BCUT2D eigenvalue weighted by Gasteiger charge is 2.53. The molecule has 3 aliphatic heterocycles. The van der Waals surface area contributed by atoms with Gasteiger partial charge in [0, 0.05) is 6.54 Å². The molecular formula is C36H34N4O4. The van der Waals surface area contributed by atoms with Crippen LogP contribution in [0.25, 0.3) is 0 Å². The molecule has 3 atom stereocenters. The minimum absolute atomic E-state index is 0.130. The highest BCUT2D eigenvalue weighted by Crippen LogP contribution is 2.41. The van der Waals surface area contributed by atoms with Gasteiger partial charge < -0.3 is 14.9 Å². The second kappa shape index (κ2) is 11.5. The molecular weight excluding hydrogens is 552 g/mol. The molecule has 0 aliphatic carbocycles. The summed E-state index contributed by atoms with van der Waals surface area (Å²) in [7, 11) is 0. The number of piperidine rings is 1. The summed E-state index contributed by atoms with van der Waals surface area (Å²) in [5, 5.41) is 10.7. The number of nitrogens with zero attached hydrogens (tertiary/aromatic N) is 4. The molecule has 0 radical (unpaired) electrons. The Hall–Kier alpha value is -5.11. The van der Waals surface area contributed by atoms with Gasteiger partial charge in [-0.15, -0.1) is 0 Å². The Morgan fingerprint density at radius 1 is 0.682 bits per heavy atom. The van der Waals surface area contributed by atoms with Crippen molar-refractivity contribution in [2.24, 2.45) is 0 Å². The van der Waals surface area contributed by atoms with E-state index in [4.69, 9.17) is 0 Å². The lowest BCUT2D eigenvalue weighted by atomic mass is 9.86. The highest BCUT2D eigenvalue weighted by atomic mass is 16.4. The van der Waals surface area contributed by atoms with Crippen molar-refractivity contribution in [1.29, 1.82) is 0 Å². The van der Waals surface area contributed by atoms with E-state index >= 15 is 0 Å². The van der Waals surface area contributed by atoms with Gasteiger partial charge in [0.15, 0.2) is 6.04 Å². The van der Waals surface area contributed by atoms with Crippen LogP contribution in [-0.4, -0.2) is 57.6 Å². The minimum atomic E-state index is -1.20. The van der Waals surface area contributed by atoms with Gasteiger partial charge >= 0.3 is 18.0 Å². The Balaban J connectivity index is 1.28. The number of carboxylic acids is 1. The Labute approximate surface area is 256 Å². The molecule has 2 bridgehead atoms. The number of fused-ring (bicyclic) bond motifs is 4. The zero-order valence-corrected chi connectivity index (χ0v) is 24.3. The molecule has 0 saturated carbocycles. The molecule has 2 saturated heterocycles. The van der Waals surface area contributed by atoms with Crippen LogP contribution < -0.4 is 9.80 Å². The van der Waals surface area contributed by atoms with Crippen LogP contribution in [-0.2, 0) is 17.6 Å². The SMILES string of the molecule is O=C(O)[C@@H]1[C@H]2CCC[C@@H](CN1C(=O)N(c1ccccc1)c1ccccc1)N2C(=O)N1c2ccccc2CCc2ccccc21. The fourth-order valence-corrected chi connectivity index (χ4v) is 7.20. The van der Waals surface area contributed by atoms with Crippen molar-refractivity contribution in [3.05, 3.63) is 120 Å². The molecule has 1 N–H and O–H groups in total. The van der Waals surface area contributed by atoms with E-state index in [0.29, 0.717) is 24.2 Å². The van der Waals surface area contributed by atoms with Crippen LogP contribution in [0.2, 0.25) is 0 Å². The van der Waals surface area contributed by atoms with E-state index in [-0.39, 0.29) is 18.6 Å². The van der Waals surface area contributed by atoms with Crippen molar-refractivity contribution in [3.63, 3.8) is 0 Å². The summed E-state index contributed by atoms with van der Waals surface area (Å²) in [5.74, 6) is -1.11. The Bertz CT molecular complexity index is 1610. The van der Waals surface area contributed by atoms with Crippen LogP contribution in [0.1, 0.15) is 30.4 Å². The summed E-state index contributed by atoms with van der Waals surface area (Å²) in [6.45, 7) is 0.130. The number of rotatable bonds is 3. The first kappa shape index (κ1) is 27.7. The quantitative estimate of drug-likeness (QED) is 0.280. The largest absolute Gasteiger partial charge is 0.480 e. The number of likely N-dealkylation sites (tertiary alicyclic amines) is 1. The normalized spacial score (nSPS) is 20.6. The zero-order chi connectivity index (χ0) is 30.2. The first-order valence-electron chi connectivity index (χ1n) is 15.2. The van der Waals surface area contributed by atoms with Gasteiger partial charge in [-0.05, 0) is 79.6 Å². The molecule has 3 heterocycles. The number of piperazine rings is 1. The molecule has 8 heteroatoms. The number of aliphatic carboxylic acids is 1. The van der Waals surface area contributed by atoms with Crippen LogP contribution in [0.5, 0.6) is 0 Å². The predicted molar refractivity (Wildman–Crippen MR) is 170 cm³/mol. The monoisotopic (exact) mass is 586 g/mol. The van der Waals surface area contributed by atoms with E-state index < -0.39 is 24.1 Å². The van der Waals surface area contributed by atoms with Crippen molar-refractivity contribution in [3.8, 4) is 0 Å². The fraction of sp³-hybridized carbons (Fsp3) is 0.250. The molecule has 222 valence electrons. The molecule has 4 aromatic carbocycles. The van der Waals surface area contributed by atoms with Gasteiger partial charge in [0.1, 0.15) is 0 Å². The average Bonchev–Trinajstić information content (AvgIpc) is 3.22. The zero-order valence-electron chi connectivity index (χ0n) is 24.3. The first-order valence-corrected chi connectivity index (χ1v) is 15.2. The molecule has 0 spiro atoms. The van der Waals surface area contributed by atoms with Crippen LogP contribution >= 0.6 is 0 Å². The van der Waals surface area contributed by atoms with E-state index in [0.717, 1.165) is 41.8 Å². The van der Waals surface area contributed by atoms with E-state index in [1.54, 1.807) is 14.7 Å². The lowest BCUT2D eigenvalue weighted by molar-refractivity contribution is -0.148. The number of aryl methyl sites for hydroxylation is 2. The molecule has 4 aromatic rings. The number of hydrogen-bond donors (Lipinski definition) is 1.